The van der Waals surface area contributed by atoms with E-state index in [2.05, 4.69) is 20.3 Å². The lowest BCUT2D eigenvalue weighted by molar-refractivity contribution is -0.0511. The van der Waals surface area contributed by atoms with E-state index in [-0.39, 0.29) is 29.5 Å². The predicted octanol–water partition coefficient (Wildman–Crippen LogP) is -0.181. The zero-order valence-electron chi connectivity index (χ0n) is 15.6. The third kappa shape index (κ3) is 3.78. The second kappa shape index (κ2) is 8.30. The molecule has 1 fully saturated rings. The minimum Gasteiger partial charge on any atom is -0.394 e. The van der Waals surface area contributed by atoms with Crippen LogP contribution in [-0.4, -0.2) is 71.4 Å². The van der Waals surface area contributed by atoms with Gasteiger partial charge in [0.2, 0.25) is 5.95 Å². The maximum absolute atomic E-state index is 10.3. The summed E-state index contributed by atoms with van der Waals surface area (Å²) in [6.07, 6.45) is -3.98. The molecular formula is C18H21ClN6O5. The van der Waals surface area contributed by atoms with Gasteiger partial charge in [-0.15, -0.1) is 0 Å². The highest BCUT2D eigenvalue weighted by Crippen LogP contribution is 2.32. The summed E-state index contributed by atoms with van der Waals surface area (Å²) in [7, 11) is 0. The highest BCUT2D eigenvalue weighted by molar-refractivity contribution is 6.30. The van der Waals surface area contributed by atoms with Crippen LogP contribution < -0.4 is 11.1 Å². The number of halogens is 1. The Hall–Kier alpha value is -2.54. The number of nitrogens with two attached hydrogens (primary N) is 1. The minimum absolute atomic E-state index is 0.0916. The van der Waals surface area contributed by atoms with Crippen molar-refractivity contribution in [1.82, 2.24) is 19.5 Å². The first kappa shape index (κ1) is 20.7. The number of rotatable bonds is 6. The summed E-state index contributed by atoms with van der Waals surface area (Å²) in [6.45, 7) is -0.345. The monoisotopic (exact) mass is 436 g/mol. The first-order valence-electron chi connectivity index (χ1n) is 9.19. The molecule has 30 heavy (non-hydrogen) atoms. The van der Waals surface area contributed by atoms with Gasteiger partial charge in [-0.2, -0.15) is 9.97 Å². The number of aromatic nitrogens is 4. The molecule has 12 heteroatoms. The van der Waals surface area contributed by atoms with Crippen LogP contribution in [0.25, 0.3) is 11.2 Å². The van der Waals surface area contributed by atoms with E-state index in [4.69, 9.17) is 22.1 Å². The number of imidazole rings is 1. The van der Waals surface area contributed by atoms with Gasteiger partial charge < -0.3 is 36.2 Å². The van der Waals surface area contributed by atoms with Crippen molar-refractivity contribution in [3.63, 3.8) is 0 Å². The number of fused-ring (bicyclic) bond motifs is 1. The molecule has 0 radical (unpaired) electrons. The molecule has 3 unspecified atom stereocenters. The Morgan fingerprint density at radius 1 is 1.20 bits per heavy atom. The highest BCUT2D eigenvalue weighted by Gasteiger charge is 2.44. The van der Waals surface area contributed by atoms with Crippen LogP contribution in [0, 0.1) is 0 Å². The van der Waals surface area contributed by atoms with E-state index in [9.17, 15) is 20.4 Å². The molecule has 3 aromatic rings. The molecule has 2 aromatic heterocycles. The molecule has 160 valence electrons. The fourth-order valence-corrected chi connectivity index (χ4v) is 3.43. The van der Waals surface area contributed by atoms with Crippen molar-refractivity contribution >= 4 is 34.5 Å². The molecule has 1 aromatic carbocycles. The van der Waals surface area contributed by atoms with Gasteiger partial charge in [-0.1, -0.05) is 23.7 Å². The second-order valence-corrected chi connectivity index (χ2v) is 7.37. The van der Waals surface area contributed by atoms with Crippen molar-refractivity contribution in [1.29, 1.82) is 0 Å². The molecule has 0 spiro atoms. The largest absolute Gasteiger partial charge is 0.394 e. The minimum atomic E-state index is -1.29. The molecule has 3 heterocycles. The van der Waals surface area contributed by atoms with E-state index >= 15 is 0 Å². The van der Waals surface area contributed by atoms with E-state index in [1.807, 2.05) is 0 Å². The number of hydrogen-bond acceptors (Lipinski definition) is 10. The maximum Gasteiger partial charge on any atom is 0.226 e. The lowest BCUT2D eigenvalue weighted by Crippen LogP contribution is -2.33. The lowest BCUT2D eigenvalue weighted by Gasteiger charge is -2.17. The topological polar surface area (TPSA) is 172 Å². The molecule has 5 atom stereocenters. The summed E-state index contributed by atoms with van der Waals surface area (Å²) >= 11 is 5.86. The Morgan fingerprint density at radius 3 is 2.60 bits per heavy atom. The van der Waals surface area contributed by atoms with Crippen molar-refractivity contribution in [3.8, 4) is 0 Å². The summed E-state index contributed by atoms with van der Waals surface area (Å²) in [4.78, 5) is 12.7. The first-order valence-corrected chi connectivity index (χ1v) is 9.56. The number of anilines is 2. The van der Waals surface area contributed by atoms with E-state index in [1.165, 1.54) is 10.9 Å². The fraction of sp³-hybridized carbons (Fsp3) is 0.389. The Balaban J connectivity index is 1.57. The Morgan fingerprint density at radius 2 is 1.93 bits per heavy atom. The van der Waals surface area contributed by atoms with Gasteiger partial charge in [0.25, 0.3) is 0 Å². The van der Waals surface area contributed by atoms with Crippen molar-refractivity contribution in [2.75, 3.05) is 24.2 Å². The number of nitrogen functional groups attached to an aromatic ring is 1. The summed E-state index contributed by atoms with van der Waals surface area (Å²) in [5.41, 5.74) is 7.20. The number of hydrogen-bond donors (Lipinski definition) is 6. The lowest BCUT2D eigenvalue weighted by atomic mass is 10.1. The number of aliphatic hydroxyl groups is 4. The molecule has 11 nitrogen and oxygen atoms in total. The van der Waals surface area contributed by atoms with Crippen LogP contribution >= 0.6 is 11.6 Å². The zero-order chi connectivity index (χ0) is 21.4. The van der Waals surface area contributed by atoms with E-state index in [0.717, 1.165) is 0 Å². The molecule has 0 saturated carbocycles. The van der Waals surface area contributed by atoms with Crippen molar-refractivity contribution < 1.29 is 25.2 Å². The number of aliphatic hydroxyl groups excluding tert-OH is 4. The van der Waals surface area contributed by atoms with E-state index in [0.29, 0.717) is 10.6 Å². The third-order valence-electron chi connectivity index (χ3n) is 4.95. The van der Waals surface area contributed by atoms with Crippen LogP contribution in [0.4, 0.5) is 11.8 Å². The first-order chi connectivity index (χ1) is 14.4. The Kier molecular flexibility index (Phi) is 5.73. The number of ether oxygens (including phenoxy) is 1. The van der Waals surface area contributed by atoms with Crippen LogP contribution in [0.5, 0.6) is 0 Å². The van der Waals surface area contributed by atoms with Gasteiger partial charge in [-0.25, -0.2) is 4.98 Å². The highest BCUT2D eigenvalue weighted by atomic mass is 35.5. The average Bonchev–Trinajstić information content (AvgIpc) is 3.28. The van der Waals surface area contributed by atoms with Crippen LogP contribution in [0.15, 0.2) is 30.6 Å². The van der Waals surface area contributed by atoms with Crippen molar-refractivity contribution in [3.05, 3.63) is 41.2 Å². The van der Waals surface area contributed by atoms with Crippen LogP contribution in [0.2, 0.25) is 5.02 Å². The number of nitrogens with one attached hydrogen (secondary N) is 1. The molecule has 0 amide bonds. The zero-order valence-corrected chi connectivity index (χ0v) is 16.4. The summed E-state index contributed by atoms with van der Waals surface area (Å²) in [5, 5.41) is 43.4. The third-order valence-corrected chi connectivity index (χ3v) is 5.20. The molecule has 4 rings (SSSR count). The van der Waals surface area contributed by atoms with Gasteiger partial charge in [0.1, 0.15) is 23.8 Å². The standard InChI is InChI=1S/C18H21ClN6O5/c19-9-3-1-8(2-4-9)10(27)5-21-18-23-15(20)12-16(24-18)25(7-22-12)17-14(29)13(28)11(6-26)30-17/h1-4,7,10-11,13-14,17,26-29H,5-6H2,(H3,20,21,23,24)/t10?,11-,13?,14?,17-/m1/s1. The fourth-order valence-electron chi connectivity index (χ4n) is 3.30. The van der Waals surface area contributed by atoms with Crippen LogP contribution in [-0.2, 0) is 4.74 Å². The van der Waals surface area contributed by atoms with Gasteiger partial charge in [0.15, 0.2) is 17.7 Å². The smallest absolute Gasteiger partial charge is 0.226 e. The van der Waals surface area contributed by atoms with E-state index in [1.54, 1.807) is 24.3 Å². The summed E-state index contributed by atoms with van der Waals surface area (Å²) < 4.78 is 6.95. The quantitative estimate of drug-likeness (QED) is 0.304. The maximum atomic E-state index is 10.3. The average molecular weight is 437 g/mol. The van der Waals surface area contributed by atoms with Gasteiger partial charge in [-0.3, -0.25) is 4.57 Å². The molecule has 1 aliphatic heterocycles. The Bertz CT molecular complexity index is 1030. The molecule has 1 saturated heterocycles. The van der Waals surface area contributed by atoms with Gasteiger partial charge >= 0.3 is 0 Å². The van der Waals surface area contributed by atoms with Gasteiger partial charge in [0.05, 0.1) is 19.0 Å². The SMILES string of the molecule is Nc1nc(NCC(O)c2ccc(Cl)cc2)nc2c1ncn2[C@@H]1O[C@H](CO)C(O)C1O. The number of benzene rings is 1. The van der Waals surface area contributed by atoms with Crippen LogP contribution in [0.1, 0.15) is 17.9 Å². The number of nitrogens with zero attached hydrogens (tertiary/aromatic N) is 4. The normalized spacial score (nSPS) is 25.0. The summed E-state index contributed by atoms with van der Waals surface area (Å²) in [5.74, 6) is 0.232. The predicted molar refractivity (Wildman–Crippen MR) is 108 cm³/mol. The second-order valence-electron chi connectivity index (χ2n) is 6.93. The van der Waals surface area contributed by atoms with Crippen LogP contribution in [0.3, 0.4) is 0 Å². The summed E-state index contributed by atoms with van der Waals surface area (Å²) in [6, 6.07) is 6.79. The van der Waals surface area contributed by atoms with E-state index < -0.39 is 37.3 Å². The van der Waals surface area contributed by atoms with Gasteiger partial charge in [0, 0.05) is 11.6 Å². The molecular weight excluding hydrogens is 416 g/mol. The molecule has 0 aliphatic carbocycles. The molecule has 0 bridgehead atoms. The van der Waals surface area contributed by atoms with Crippen molar-refractivity contribution in [2.45, 2.75) is 30.6 Å². The van der Waals surface area contributed by atoms with Crippen molar-refractivity contribution in [2.24, 2.45) is 0 Å². The van der Waals surface area contributed by atoms with Gasteiger partial charge in [-0.05, 0) is 17.7 Å². The molecule has 7 N–H and O–H groups in total. The molecule has 1 aliphatic rings. The Labute approximate surface area is 175 Å².